The number of nitrogens with one attached hydrogen (secondary N) is 1. The number of ether oxygens (including phenoxy) is 1. The highest BCUT2D eigenvalue weighted by Crippen LogP contribution is 2.20. The Hall–Kier alpha value is -3.15. The molecule has 0 aliphatic carbocycles. The van der Waals surface area contributed by atoms with Gasteiger partial charge in [-0.15, -0.1) is 0 Å². The van der Waals surface area contributed by atoms with Crippen LogP contribution in [-0.2, 0) is 20.7 Å². The van der Waals surface area contributed by atoms with Gasteiger partial charge in [0, 0.05) is 25.9 Å². The van der Waals surface area contributed by atoms with Gasteiger partial charge < -0.3 is 15.0 Å². The first kappa shape index (κ1) is 22.5. The number of anilines is 1. The van der Waals surface area contributed by atoms with Crippen LogP contribution < -0.4 is 5.32 Å². The third-order valence-electron chi connectivity index (χ3n) is 5.38. The van der Waals surface area contributed by atoms with Crippen LogP contribution in [0.4, 0.5) is 5.69 Å². The van der Waals surface area contributed by atoms with E-state index < -0.39 is 5.97 Å². The Kier molecular flexibility index (Phi) is 8.64. The van der Waals surface area contributed by atoms with E-state index in [-0.39, 0.29) is 31.3 Å². The number of nitrogens with zero attached hydrogens (tertiary/aromatic N) is 1. The molecule has 2 aromatic carbocycles. The second-order valence-electron chi connectivity index (χ2n) is 7.76. The van der Waals surface area contributed by atoms with E-state index >= 15 is 0 Å². The van der Waals surface area contributed by atoms with Crippen LogP contribution >= 0.6 is 0 Å². The van der Waals surface area contributed by atoms with Gasteiger partial charge in [-0.3, -0.25) is 14.4 Å². The predicted molar refractivity (Wildman–Crippen MR) is 120 cm³/mol. The first-order chi connectivity index (χ1) is 15.1. The molecule has 0 radical (unpaired) electrons. The maximum atomic E-state index is 13.0. The monoisotopic (exact) mass is 422 g/mol. The van der Waals surface area contributed by atoms with Gasteiger partial charge in [-0.1, -0.05) is 55.3 Å². The topological polar surface area (TPSA) is 75.7 Å². The molecule has 0 saturated carbocycles. The zero-order valence-corrected chi connectivity index (χ0v) is 17.8. The standard InChI is InChI=1S/C25H30N2O4/c28-23(14-15-24(29)31-19-16-20-10-4-3-5-11-20)26-22-13-7-6-12-21(22)25(30)27-17-8-1-2-9-18-27/h3-7,10-13H,1-2,8-9,14-19H2,(H,26,28). The number of hydrogen-bond acceptors (Lipinski definition) is 4. The molecule has 2 aromatic rings. The fourth-order valence-electron chi connectivity index (χ4n) is 3.65. The van der Waals surface area contributed by atoms with Crippen LogP contribution in [0.2, 0.25) is 0 Å². The molecule has 1 saturated heterocycles. The summed E-state index contributed by atoms with van der Waals surface area (Å²) in [5.74, 6) is -0.769. The Bertz CT molecular complexity index is 874. The Morgan fingerprint density at radius 3 is 2.26 bits per heavy atom. The average Bonchev–Trinajstić information content (AvgIpc) is 3.08. The van der Waals surface area contributed by atoms with Crippen molar-refractivity contribution in [2.75, 3.05) is 25.0 Å². The van der Waals surface area contributed by atoms with Gasteiger partial charge in [0.15, 0.2) is 0 Å². The minimum Gasteiger partial charge on any atom is -0.465 e. The lowest BCUT2D eigenvalue weighted by atomic mass is 10.1. The van der Waals surface area contributed by atoms with Gasteiger partial charge in [-0.2, -0.15) is 0 Å². The average molecular weight is 423 g/mol. The number of rotatable bonds is 8. The SMILES string of the molecule is O=C(CCC(=O)OCCc1ccccc1)Nc1ccccc1C(=O)N1CCCCCC1. The molecule has 6 heteroatoms. The van der Waals surface area contributed by atoms with Gasteiger partial charge in [0.25, 0.3) is 5.91 Å². The number of carbonyl (C=O) groups is 3. The van der Waals surface area contributed by atoms with E-state index in [1.165, 1.54) is 0 Å². The van der Waals surface area contributed by atoms with Crippen LogP contribution in [0.15, 0.2) is 54.6 Å². The van der Waals surface area contributed by atoms with Crippen LogP contribution in [0.1, 0.15) is 54.4 Å². The largest absolute Gasteiger partial charge is 0.465 e. The molecule has 2 amide bonds. The van der Waals surface area contributed by atoms with Crippen molar-refractivity contribution >= 4 is 23.5 Å². The number of para-hydroxylation sites is 1. The summed E-state index contributed by atoms with van der Waals surface area (Å²) in [5.41, 5.74) is 2.07. The summed E-state index contributed by atoms with van der Waals surface area (Å²) in [6.45, 7) is 1.78. The molecule has 0 aromatic heterocycles. The molecule has 0 atom stereocenters. The maximum absolute atomic E-state index is 13.0. The summed E-state index contributed by atoms with van der Waals surface area (Å²) in [5, 5.41) is 2.79. The molecule has 1 aliphatic heterocycles. The van der Waals surface area contributed by atoms with Gasteiger partial charge in [-0.05, 0) is 30.5 Å². The van der Waals surface area contributed by atoms with Crippen molar-refractivity contribution in [3.05, 3.63) is 65.7 Å². The minimum absolute atomic E-state index is 0.00284. The summed E-state index contributed by atoms with van der Waals surface area (Å²) < 4.78 is 5.22. The van der Waals surface area contributed by atoms with Crippen molar-refractivity contribution in [3.8, 4) is 0 Å². The zero-order chi connectivity index (χ0) is 21.9. The number of hydrogen-bond donors (Lipinski definition) is 1. The summed E-state index contributed by atoms with van der Waals surface area (Å²) in [7, 11) is 0. The van der Waals surface area contributed by atoms with Crippen molar-refractivity contribution in [1.82, 2.24) is 4.90 Å². The molecule has 0 unspecified atom stereocenters. The van der Waals surface area contributed by atoms with E-state index in [1.54, 1.807) is 24.3 Å². The molecule has 1 fully saturated rings. The Balaban J connectivity index is 1.46. The Labute approximate surface area is 183 Å². The highest BCUT2D eigenvalue weighted by Gasteiger charge is 2.20. The predicted octanol–water partition coefficient (Wildman–Crippen LogP) is 4.21. The van der Waals surface area contributed by atoms with Crippen molar-refractivity contribution in [1.29, 1.82) is 0 Å². The molecule has 0 bridgehead atoms. The van der Waals surface area contributed by atoms with E-state index in [0.29, 0.717) is 17.7 Å². The van der Waals surface area contributed by atoms with Crippen molar-refractivity contribution in [3.63, 3.8) is 0 Å². The molecule has 1 aliphatic rings. The number of amides is 2. The first-order valence-corrected chi connectivity index (χ1v) is 11.0. The summed E-state index contributed by atoms with van der Waals surface area (Å²) >= 11 is 0. The third-order valence-corrected chi connectivity index (χ3v) is 5.38. The van der Waals surface area contributed by atoms with Crippen LogP contribution in [-0.4, -0.2) is 42.4 Å². The van der Waals surface area contributed by atoms with Crippen LogP contribution in [0.5, 0.6) is 0 Å². The molecule has 164 valence electrons. The van der Waals surface area contributed by atoms with Gasteiger partial charge in [-0.25, -0.2) is 0 Å². The molecular weight excluding hydrogens is 392 g/mol. The molecule has 31 heavy (non-hydrogen) atoms. The fourth-order valence-corrected chi connectivity index (χ4v) is 3.65. The van der Waals surface area contributed by atoms with E-state index in [4.69, 9.17) is 4.74 Å². The second kappa shape index (κ2) is 11.9. The molecule has 3 rings (SSSR count). The Morgan fingerprint density at radius 2 is 1.52 bits per heavy atom. The summed E-state index contributed by atoms with van der Waals surface area (Å²) in [6.07, 6.45) is 4.95. The minimum atomic E-state index is -0.403. The van der Waals surface area contributed by atoms with E-state index in [9.17, 15) is 14.4 Å². The fraction of sp³-hybridized carbons (Fsp3) is 0.400. The van der Waals surface area contributed by atoms with Crippen molar-refractivity contribution in [2.24, 2.45) is 0 Å². The molecule has 0 spiro atoms. The molecule has 1 heterocycles. The van der Waals surface area contributed by atoms with Crippen molar-refractivity contribution < 1.29 is 19.1 Å². The normalized spacial score (nSPS) is 13.9. The number of esters is 1. The number of carbonyl (C=O) groups excluding carboxylic acids is 3. The van der Waals surface area contributed by atoms with E-state index in [2.05, 4.69) is 5.32 Å². The van der Waals surface area contributed by atoms with Gasteiger partial charge in [0.2, 0.25) is 5.91 Å². The lowest BCUT2D eigenvalue weighted by Gasteiger charge is -2.22. The van der Waals surface area contributed by atoms with E-state index in [1.807, 2.05) is 35.2 Å². The van der Waals surface area contributed by atoms with Crippen LogP contribution in [0, 0.1) is 0 Å². The number of likely N-dealkylation sites (tertiary alicyclic amines) is 1. The quantitative estimate of drug-likeness (QED) is 0.647. The highest BCUT2D eigenvalue weighted by molar-refractivity contribution is 6.04. The first-order valence-electron chi connectivity index (χ1n) is 11.0. The maximum Gasteiger partial charge on any atom is 0.306 e. The smallest absolute Gasteiger partial charge is 0.306 e. The lowest BCUT2D eigenvalue weighted by molar-refractivity contribution is -0.144. The van der Waals surface area contributed by atoms with E-state index in [0.717, 1.165) is 44.3 Å². The van der Waals surface area contributed by atoms with Crippen LogP contribution in [0.25, 0.3) is 0 Å². The molecular formula is C25H30N2O4. The third kappa shape index (κ3) is 7.24. The highest BCUT2D eigenvalue weighted by atomic mass is 16.5. The van der Waals surface area contributed by atoms with Gasteiger partial charge in [0.1, 0.15) is 0 Å². The van der Waals surface area contributed by atoms with Gasteiger partial charge >= 0.3 is 5.97 Å². The lowest BCUT2D eigenvalue weighted by Crippen LogP contribution is -2.32. The van der Waals surface area contributed by atoms with Crippen molar-refractivity contribution in [2.45, 2.75) is 44.9 Å². The Morgan fingerprint density at radius 1 is 0.839 bits per heavy atom. The van der Waals surface area contributed by atoms with Crippen LogP contribution in [0.3, 0.4) is 0 Å². The molecule has 6 nitrogen and oxygen atoms in total. The molecule has 1 N–H and O–H groups in total. The summed E-state index contributed by atoms with van der Waals surface area (Å²) in [4.78, 5) is 39.1. The summed E-state index contributed by atoms with van der Waals surface area (Å²) in [6, 6.07) is 16.8. The van der Waals surface area contributed by atoms with Gasteiger partial charge in [0.05, 0.1) is 24.3 Å². The number of benzene rings is 2. The second-order valence-corrected chi connectivity index (χ2v) is 7.76. The zero-order valence-electron chi connectivity index (χ0n) is 17.8.